The van der Waals surface area contributed by atoms with Gasteiger partial charge in [0.2, 0.25) is 17.1 Å². The molecule has 0 saturated heterocycles. The molecule has 35 heavy (non-hydrogen) atoms. The zero-order valence-electron chi connectivity index (χ0n) is 19.2. The van der Waals surface area contributed by atoms with Crippen LogP contribution in [0.15, 0.2) is 83.3 Å². The molecule has 0 aliphatic carbocycles. The highest BCUT2D eigenvalue weighted by atomic mass is 19.1. The second kappa shape index (κ2) is 9.60. The first-order valence-corrected chi connectivity index (χ1v) is 11.1. The van der Waals surface area contributed by atoms with Crippen LogP contribution in [0.5, 0.6) is 0 Å². The molecule has 0 spiro atoms. The third kappa shape index (κ3) is 4.74. The van der Waals surface area contributed by atoms with Crippen molar-refractivity contribution in [3.63, 3.8) is 0 Å². The molecule has 1 unspecified atom stereocenters. The molecule has 0 saturated carbocycles. The number of anilines is 1. The fourth-order valence-corrected chi connectivity index (χ4v) is 3.90. The topological polar surface area (TPSA) is 67.1 Å². The number of rotatable bonds is 7. The standard InChI is InChI=1S/C27H23F2N5O/c1-34(2)22(20-14-13-19(28)15-21(20)29)16-30-25-23-26(32-24(31-25)17-9-5-3-6-10-17)33-27(35-23)18-11-7-4-8-12-18/h3-15,22H,16H2,1-2H3,(H,30,31,32). The summed E-state index contributed by atoms with van der Waals surface area (Å²) < 4.78 is 34.1. The molecule has 0 radical (unpaired) electrons. The Bertz CT molecular complexity index is 1460. The summed E-state index contributed by atoms with van der Waals surface area (Å²) in [5.41, 5.74) is 2.84. The third-order valence-electron chi connectivity index (χ3n) is 5.71. The molecule has 0 aliphatic rings. The number of nitrogens with zero attached hydrogens (tertiary/aromatic N) is 4. The van der Waals surface area contributed by atoms with E-state index in [0.29, 0.717) is 34.3 Å². The Balaban J connectivity index is 1.56. The Morgan fingerprint density at radius 2 is 1.54 bits per heavy atom. The van der Waals surface area contributed by atoms with Crippen LogP contribution < -0.4 is 5.32 Å². The molecule has 2 aromatic heterocycles. The maximum Gasteiger partial charge on any atom is 0.229 e. The molecule has 6 nitrogen and oxygen atoms in total. The van der Waals surface area contributed by atoms with Crippen LogP contribution in [-0.4, -0.2) is 40.5 Å². The van der Waals surface area contributed by atoms with E-state index in [1.54, 1.807) is 0 Å². The maximum atomic E-state index is 14.6. The number of hydrogen-bond donors (Lipinski definition) is 1. The van der Waals surface area contributed by atoms with E-state index in [2.05, 4.69) is 15.3 Å². The summed E-state index contributed by atoms with van der Waals surface area (Å²) in [6.45, 7) is 0.289. The summed E-state index contributed by atoms with van der Waals surface area (Å²) in [5, 5.41) is 3.30. The number of halogens is 2. The van der Waals surface area contributed by atoms with Crippen molar-refractivity contribution in [3.8, 4) is 22.8 Å². The predicted octanol–water partition coefficient (Wildman–Crippen LogP) is 5.94. The summed E-state index contributed by atoms with van der Waals surface area (Å²) in [7, 11) is 3.67. The highest BCUT2D eigenvalue weighted by molar-refractivity contribution is 5.84. The average Bonchev–Trinajstić information content (AvgIpc) is 3.30. The van der Waals surface area contributed by atoms with Gasteiger partial charge in [0.1, 0.15) is 11.6 Å². The van der Waals surface area contributed by atoms with Crippen molar-refractivity contribution >= 4 is 17.0 Å². The minimum atomic E-state index is -0.614. The number of benzene rings is 3. The van der Waals surface area contributed by atoms with Gasteiger partial charge in [0, 0.05) is 29.3 Å². The van der Waals surface area contributed by atoms with Crippen LogP contribution in [0.4, 0.5) is 14.6 Å². The van der Waals surface area contributed by atoms with Crippen LogP contribution in [0.1, 0.15) is 11.6 Å². The van der Waals surface area contributed by atoms with Gasteiger partial charge in [-0.2, -0.15) is 4.98 Å². The molecule has 5 rings (SSSR count). The molecule has 5 aromatic rings. The van der Waals surface area contributed by atoms with E-state index >= 15 is 0 Å². The summed E-state index contributed by atoms with van der Waals surface area (Å²) in [5.74, 6) is 0.142. The second-order valence-corrected chi connectivity index (χ2v) is 8.33. The van der Waals surface area contributed by atoms with Gasteiger partial charge >= 0.3 is 0 Å². The predicted molar refractivity (Wildman–Crippen MR) is 132 cm³/mol. The second-order valence-electron chi connectivity index (χ2n) is 8.33. The lowest BCUT2D eigenvalue weighted by Gasteiger charge is -2.25. The van der Waals surface area contributed by atoms with E-state index in [1.165, 1.54) is 12.1 Å². The van der Waals surface area contributed by atoms with E-state index in [1.807, 2.05) is 79.7 Å². The SMILES string of the molecule is CN(C)C(CNc1nc(-c2ccccc2)nc2nc(-c3ccccc3)oc12)c1ccc(F)cc1F. The van der Waals surface area contributed by atoms with Crippen LogP contribution in [0, 0.1) is 11.6 Å². The van der Waals surface area contributed by atoms with E-state index < -0.39 is 17.7 Å². The molecule has 8 heteroatoms. The van der Waals surface area contributed by atoms with Crippen LogP contribution in [0.3, 0.4) is 0 Å². The summed E-state index contributed by atoms with van der Waals surface area (Å²) in [6, 6.07) is 22.3. The fourth-order valence-electron chi connectivity index (χ4n) is 3.90. The lowest BCUT2D eigenvalue weighted by atomic mass is 10.1. The molecule has 1 N–H and O–H groups in total. The first-order chi connectivity index (χ1) is 17.0. The molecular formula is C27H23F2N5O. The first kappa shape index (κ1) is 22.6. The summed E-state index contributed by atoms with van der Waals surface area (Å²) >= 11 is 0. The third-order valence-corrected chi connectivity index (χ3v) is 5.71. The van der Waals surface area contributed by atoms with Crippen LogP contribution in [0.25, 0.3) is 34.1 Å². The molecule has 1 atom stereocenters. The van der Waals surface area contributed by atoms with Crippen molar-refractivity contribution in [1.82, 2.24) is 19.9 Å². The monoisotopic (exact) mass is 471 g/mol. The lowest BCUT2D eigenvalue weighted by molar-refractivity contribution is 0.303. The van der Waals surface area contributed by atoms with Crippen LogP contribution in [-0.2, 0) is 0 Å². The quantitative estimate of drug-likeness (QED) is 0.317. The van der Waals surface area contributed by atoms with Gasteiger partial charge in [0.25, 0.3) is 0 Å². The fraction of sp³-hybridized carbons (Fsp3) is 0.148. The van der Waals surface area contributed by atoms with Crippen molar-refractivity contribution < 1.29 is 13.2 Å². The molecule has 0 bridgehead atoms. The largest absolute Gasteiger partial charge is 0.430 e. The first-order valence-electron chi connectivity index (χ1n) is 11.1. The van der Waals surface area contributed by atoms with E-state index in [9.17, 15) is 8.78 Å². The Hall–Kier alpha value is -4.17. The number of fused-ring (bicyclic) bond motifs is 1. The van der Waals surface area contributed by atoms with Gasteiger partial charge in [-0.05, 0) is 32.3 Å². The molecule has 0 fully saturated rings. The van der Waals surface area contributed by atoms with Crippen LogP contribution >= 0.6 is 0 Å². The highest BCUT2D eigenvalue weighted by Gasteiger charge is 2.22. The number of aromatic nitrogens is 3. The lowest BCUT2D eigenvalue weighted by Crippen LogP contribution is -2.28. The number of likely N-dealkylation sites (N-methyl/N-ethyl adjacent to an activating group) is 1. The average molecular weight is 472 g/mol. The molecular weight excluding hydrogens is 448 g/mol. The zero-order chi connectivity index (χ0) is 24.4. The van der Waals surface area contributed by atoms with Crippen molar-refractivity contribution in [2.24, 2.45) is 0 Å². The molecule has 0 aliphatic heterocycles. The van der Waals surface area contributed by atoms with Crippen LogP contribution in [0.2, 0.25) is 0 Å². The van der Waals surface area contributed by atoms with Crippen molar-refractivity contribution in [1.29, 1.82) is 0 Å². The molecule has 0 amide bonds. The Morgan fingerprint density at radius 3 is 2.20 bits per heavy atom. The van der Waals surface area contributed by atoms with Gasteiger partial charge in [-0.15, -0.1) is 0 Å². The minimum Gasteiger partial charge on any atom is -0.430 e. The highest BCUT2D eigenvalue weighted by Crippen LogP contribution is 2.31. The van der Waals surface area contributed by atoms with Gasteiger partial charge in [-0.25, -0.2) is 18.7 Å². The van der Waals surface area contributed by atoms with E-state index in [-0.39, 0.29) is 6.54 Å². The smallest absolute Gasteiger partial charge is 0.229 e. The van der Waals surface area contributed by atoms with E-state index in [0.717, 1.165) is 17.2 Å². The Labute approximate surface area is 201 Å². The molecule has 3 aromatic carbocycles. The van der Waals surface area contributed by atoms with Gasteiger partial charge in [-0.3, -0.25) is 0 Å². The molecule has 2 heterocycles. The number of oxazole rings is 1. The van der Waals surface area contributed by atoms with Gasteiger partial charge in [-0.1, -0.05) is 54.6 Å². The van der Waals surface area contributed by atoms with Crippen molar-refractivity contribution in [3.05, 3.63) is 96.1 Å². The summed E-state index contributed by atoms with van der Waals surface area (Å²) in [6.07, 6.45) is 0. The maximum absolute atomic E-state index is 14.6. The number of hydrogen-bond acceptors (Lipinski definition) is 6. The van der Waals surface area contributed by atoms with Crippen molar-refractivity contribution in [2.45, 2.75) is 6.04 Å². The summed E-state index contributed by atoms with van der Waals surface area (Å²) in [4.78, 5) is 15.8. The van der Waals surface area contributed by atoms with Gasteiger partial charge in [0.15, 0.2) is 11.6 Å². The van der Waals surface area contributed by atoms with Gasteiger partial charge < -0.3 is 14.6 Å². The van der Waals surface area contributed by atoms with Gasteiger partial charge in [0.05, 0.1) is 6.04 Å². The normalized spacial score (nSPS) is 12.3. The molecule has 176 valence electrons. The van der Waals surface area contributed by atoms with E-state index in [4.69, 9.17) is 9.40 Å². The zero-order valence-corrected chi connectivity index (χ0v) is 19.2. The van der Waals surface area contributed by atoms with Crippen molar-refractivity contribution in [2.75, 3.05) is 26.0 Å². The Kier molecular flexibility index (Phi) is 6.20. The Morgan fingerprint density at radius 1 is 0.857 bits per heavy atom. The minimum absolute atomic E-state index is 0.289. The number of nitrogens with one attached hydrogen (secondary N) is 1.